The minimum absolute atomic E-state index is 0.114. The Bertz CT molecular complexity index is 510. The summed E-state index contributed by atoms with van der Waals surface area (Å²) in [5, 5.41) is 8.67. The average molecular weight is 277 g/mol. The van der Waals surface area contributed by atoms with E-state index < -0.39 is 0 Å². The molecular formula is C14H19N3O3. The molecule has 2 amide bonds. The van der Waals surface area contributed by atoms with E-state index in [1.54, 1.807) is 12.1 Å². The van der Waals surface area contributed by atoms with Crippen LogP contribution < -0.4 is 16.0 Å². The lowest BCUT2D eigenvalue weighted by Gasteiger charge is -2.23. The molecule has 0 aliphatic carbocycles. The monoisotopic (exact) mass is 277 g/mol. The number of rotatable bonds is 3. The van der Waals surface area contributed by atoms with Crippen molar-refractivity contribution in [3.05, 3.63) is 23.8 Å². The van der Waals surface area contributed by atoms with Gasteiger partial charge in [0.2, 0.25) is 11.8 Å². The first-order valence-electron chi connectivity index (χ1n) is 6.56. The van der Waals surface area contributed by atoms with E-state index in [-0.39, 0.29) is 17.9 Å². The molecule has 0 radical (unpaired) electrons. The SMILES string of the molecule is CC(=O)Nc1ccc(NC(=O)C2COCCN2)cc1C. The zero-order valence-corrected chi connectivity index (χ0v) is 11.7. The summed E-state index contributed by atoms with van der Waals surface area (Å²) in [7, 11) is 0. The fourth-order valence-electron chi connectivity index (χ4n) is 2.03. The van der Waals surface area contributed by atoms with Crippen LogP contribution in [0.2, 0.25) is 0 Å². The molecule has 1 aromatic rings. The molecule has 6 nitrogen and oxygen atoms in total. The Morgan fingerprint density at radius 2 is 2.15 bits per heavy atom. The molecule has 0 bridgehead atoms. The molecule has 1 unspecified atom stereocenters. The summed E-state index contributed by atoms with van der Waals surface area (Å²) in [5.41, 5.74) is 2.34. The van der Waals surface area contributed by atoms with E-state index in [1.165, 1.54) is 6.92 Å². The number of hydrogen-bond acceptors (Lipinski definition) is 4. The Morgan fingerprint density at radius 1 is 1.35 bits per heavy atom. The van der Waals surface area contributed by atoms with Gasteiger partial charge in [-0.2, -0.15) is 0 Å². The van der Waals surface area contributed by atoms with Crippen molar-refractivity contribution in [2.24, 2.45) is 0 Å². The van der Waals surface area contributed by atoms with Crippen molar-refractivity contribution in [1.82, 2.24) is 5.32 Å². The Morgan fingerprint density at radius 3 is 2.75 bits per heavy atom. The van der Waals surface area contributed by atoms with Crippen molar-refractivity contribution in [1.29, 1.82) is 0 Å². The minimum atomic E-state index is -0.320. The lowest BCUT2D eigenvalue weighted by atomic mass is 10.1. The maximum absolute atomic E-state index is 12.0. The number of carbonyl (C=O) groups excluding carboxylic acids is 2. The average Bonchev–Trinajstić information content (AvgIpc) is 2.42. The Balaban J connectivity index is 2.00. The van der Waals surface area contributed by atoms with E-state index >= 15 is 0 Å². The zero-order valence-electron chi connectivity index (χ0n) is 11.7. The Kier molecular flexibility index (Phi) is 4.70. The maximum Gasteiger partial charge on any atom is 0.243 e. The van der Waals surface area contributed by atoms with E-state index in [9.17, 15) is 9.59 Å². The summed E-state index contributed by atoms with van der Waals surface area (Å²) in [4.78, 5) is 23.0. The number of aryl methyl sites for hydroxylation is 1. The summed E-state index contributed by atoms with van der Waals surface area (Å²) in [6.45, 7) is 5.04. The summed E-state index contributed by atoms with van der Waals surface area (Å²) in [6.07, 6.45) is 0. The molecule has 3 N–H and O–H groups in total. The third-order valence-corrected chi connectivity index (χ3v) is 3.04. The van der Waals surface area contributed by atoms with Crippen LogP contribution in [0.1, 0.15) is 12.5 Å². The molecule has 20 heavy (non-hydrogen) atoms. The standard InChI is InChI=1S/C14H19N3O3/c1-9-7-11(3-4-12(9)16-10(2)18)17-14(19)13-8-20-6-5-15-13/h3-4,7,13,15H,5-6,8H2,1-2H3,(H,16,18)(H,17,19). The molecule has 108 valence electrons. The molecule has 2 rings (SSSR count). The summed E-state index contributed by atoms with van der Waals surface area (Å²) >= 11 is 0. The summed E-state index contributed by atoms with van der Waals surface area (Å²) in [5.74, 6) is -0.232. The van der Waals surface area contributed by atoms with Crippen LogP contribution in [-0.2, 0) is 14.3 Å². The first-order valence-corrected chi connectivity index (χ1v) is 6.56. The molecule has 1 saturated heterocycles. The number of nitrogens with one attached hydrogen (secondary N) is 3. The molecule has 1 aliphatic heterocycles. The molecule has 0 saturated carbocycles. The van der Waals surface area contributed by atoms with Crippen molar-refractivity contribution in [2.45, 2.75) is 19.9 Å². The number of benzene rings is 1. The largest absolute Gasteiger partial charge is 0.378 e. The van der Waals surface area contributed by atoms with Crippen LogP contribution in [0, 0.1) is 6.92 Å². The van der Waals surface area contributed by atoms with Crippen LogP contribution in [0.3, 0.4) is 0 Å². The zero-order chi connectivity index (χ0) is 14.5. The molecule has 0 aromatic heterocycles. The Labute approximate surface area is 117 Å². The molecule has 1 atom stereocenters. The van der Waals surface area contributed by atoms with Gasteiger partial charge in [-0.05, 0) is 30.7 Å². The summed E-state index contributed by atoms with van der Waals surface area (Å²) in [6, 6.07) is 5.04. The number of amides is 2. The van der Waals surface area contributed by atoms with E-state index in [4.69, 9.17) is 4.74 Å². The van der Waals surface area contributed by atoms with Gasteiger partial charge in [-0.15, -0.1) is 0 Å². The van der Waals surface area contributed by atoms with Gasteiger partial charge in [0.15, 0.2) is 0 Å². The lowest BCUT2D eigenvalue weighted by Crippen LogP contribution is -2.48. The van der Waals surface area contributed by atoms with Crippen LogP contribution in [0.5, 0.6) is 0 Å². The van der Waals surface area contributed by atoms with Gasteiger partial charge in [0, 0.05) is 24.8 Å². The lowest BCUT2D eigenvalue weighted by molar-refractivity contribution is -0.120. The second-order valence-corrected chi connectivity index (χ2v) is 4.78. The van der Waals surface area contributed by atoms with Gasteiger partial charge in [-0.25, -0.2) is 0 Å². The number of ether oxygens (including phenoxy) is 1. The minimum Gasteiger partial charge on any atom is -0.378 e. The highest BCUT2D eigenvalue weighted by Crippen LogP contribution is 2.19. The molecule has 1 heterocycles. The molecule has 1 aliphatic rings. The first kappa shape index (κ1) is 14.5. The predicted molar refractivity (Wildman–Crippen MR) is 76.7 cm³/mol. The van der Waals surface area contributed by atoms with Gasteiger partial charge in [0.1, 0.15) is 6.04 Å². The van der Waals surface area contributed by atoms with Crippen LogP contribution in [0.4, 0.5) is 11.4 Å². The smallest absolute Gasteiger partial charge is 0.243 e. The third kappa shape index (κ3) is 3.79. The molecule has 0 spiro atoms. The Hall–Kier alpha value is -1.92. The second-order valence-electron chi connectivity index (χ2n) is 4.78. The molecule has 1 fully saturated rings. The van der Waals surface area contributed by atoms with Crippen molar-refractivity contribution in [2.75, 3.05) is 30.4 Å². The van der Waals surface area contributed by atoms with E-state index in [1.807, 2.05) is 13.0 Å². The summed E-state index contributed by atoms with van der Waals surface area (Å²) < 4.78 is 5.26. The van der Waals surface area contributed by atoms with Crippen LogP contribution in [0.15, 0.2) is 18.2 Å². The maximum atomic E-state index is 12.0. The van der Waals surface area contributed by atoms with Gasteiger partial charge in [-0.3, -0.25) is 9.59 Å². The highest BCUT2D eigenvalue weighted by molar-refractivity contribution is 5.96. The van der Waals surface area contributed by atoms with Gasteiger partial charge in [0.25, 0.3) is 0 Å². The number of carbonyl (C=O) groups is 2. The van der Waals surface area contributed by atoms with Crippen molar-refractivity contribution < 1.29 is 14.3 Å². The van der Waals surface area contributed by atoms with Crippen molar-refractivity contribution in [3.63, 3.8) is 0 Å². The van der Waals surface area contributed by atoms with E-state index in [2.05, 4.69) is 16.0 Å². The van der Waals surface area contributed by atoms with Gasteiger partial charge in [0.05, 0.1) is 13.2 Å². The van der Waals surface area contributed by atoms with E-state index in [0.29, 0.717) is 25.4 Å². The quantitative estimate of drug-likeness (QED) is 0.766. The highest BCUT2D eigenvalue weighted by atomic mass is 16.5. The van der Waals surface area contributed by atoms with Crippen LogP contribution in [0.25, 0.3) is 0 Å². The van der Waals surface area contributed by atoms with Crippen molar-refractivity contribution in [3.8, 4) is 0 Å². The number of hydrogen-bond donors (Lipinski definition) is 3. The second kappa shape index (κ2) is 6.49. The van der Waals surface area contributed by atoms with E-state index in [0.717, 1.165) is 11.3 Å². The van der Waals surface area contributed by atoms with Crippen LogP contribution in [-0.4, -0.2) is 37.6 Å². The van der Waals surface area contributed by atoms with Gasteiger partial charge in [-0.1, -0.05) is 0 Å². The molecule has 6 heteroatoms. The number of anilines is 2. The van der Waals surface area contributed by atoms with Crippen LogP contribution >= 0.6 is 0 Å². The van der Waals surface area contributed by atoms with Gasteiger partial charge >= 0.3 is 0 Å². The topological polar surface area (TPSA) is 79.5 Å². The third-order valence-electron chi connectivity index (χ3n) is 3.04. The molecular weight excluding hydrogens is 258 g/mol. The molecule has 1 aromatic carbocycles. The first-order chi connectivity index (χ1) is 9.56. The number of morpholine rings is 1. The highest BCUT2D eigenvalue weighted by Gasteiger charge is 2.21. The van der Waals surface area contributed by atoms with Gasteiger partial charge < -0.3 is 20.7 Å². The predicted octanol–water partition coefficient (Wildman–Crippen LogP) is 0.880. The fraction of sp³-hybridized carbons (Fsp3) is 0.429. The normalized spacial score (nSPS) is 18.4. The fourth-order valence-corrected chi connectivity index (χ4v) is 2.03. The van der Waals surface area contributed by atoms with Crippen molar-refractivity contribution >= 4 is 23.2 Å².